The molecule has 0 bridgehead atoms. The summed E-state index contributed by atoms with van der Waals surface area (Å²) in [4.78, 5) is 29.3. The highest BCUT2D eigenvalue weighted by Gasteiger charge is 2.61. The first kappa shape index (κ1) is 20.3. The summed E-state index contributed by atoms with van der Waals surface area (Å²) in [7, 11) is 1.94. The summed E-state index contributed by atoms with van der Waals surface area (Å²) in [5.41, 5.74) is 7.50. The van der Waals surface area contributed by atoms with Gasteiger partial charge in [-0.2, -0.15) is 0 Å². The van der Waals surface area contributed by atoms with Gasteiger partial charge in [0, 0.05) is 34.8 Å². The van der Waals surface area contributed by atoms with Crippen LogP contribution >= 0.6 is 0 Å². The normalized spacial score (nSPS) is 30.4. The standard InChI is InChI=1S/C20H26N4O4/c1-4-13-5-6-15(18(27)22-23-21)17(26)16(13)19-9-10-24(3)12(2)20(19,28)8-7-14(25)11-19/h5-6,12,26,28H,4,7-11H2,1-3H3. The van der Waals surface area contributed by atoms with Crippen LogP contribution in [0.15, 0.2) is 17.2 Å². The number of aromatic hydroxyl groups is 1. The number of aryl methyl sites for hydroxylation is 1. The quantitative estimate of drug-likeness (QED) is 0.469. The van der Waals surface area contributed by atoms with Crippen LogP contribution in [0.1, 0.15) is 61.0 Å². The van der Waals surface area contributed by atoms with E-state index in [-0.39, 0.29) is 36.0 Å². The van der Waals surface area contributed by atoms with Crippen LogP contribution in [0.4, 0.5) is 0 Å². The minimum absolute atomic E-state index is 0.0367. The topological polar surface area (TPSA) is 127 Å². The molecule has 0 radical (unpaired) electrons. The highest BCUT2D eigenvalue weighted by molar-refractivity contribution is 5.98. The van der Waals surface area contributed by atoms with Crippen LogP contribution in [-0.2, 0) is 16.6 Å². The van der Waals surface area contributed by atoms with Crippen molar-refractivity contribution in [3.8, 4) is 5.75 Å². The largest absolute Gasteiger partial charge is 0.507 e. The molecule has 1 saturated heterocycles. The van der Waals surface area contributed by atoms with Gasteiger partial charge in [0.1, 0.15) is 11.5 Å². The zero-order valence-corrected chi connectivity index (χ0v) is 16.5. The number of amides is 1. The number of fused-ring (bicyclic) bond motifs is 1. The van der Waals surface area contributed by atoms with Crippen LogP contribution in [0.25, 0.3) is 10.4 Å². The van der Waals surface area contributed by atoms with Gasteiger partial charge in [0.2, 0.25) is 0 Å². The highest BCUT2D eigenvalue weighted by atomic mass is 16.3. The average molecular weight is 386 g/mol. The number of phenolic OH excluding ortho intramolecular Hbond substituents is 1. The molecule has 2 N–H and O–H groups in total. The van der Waals surface area contributed by atoms with E-state index in [9.17, 15) is 19.8 Å². The summed E-state index contributed by atoms with van der Waals surface area (Å²) in [5, 5.41) is 26.1. The second-order valence-corrected chi connectivity index (χ2v) is 7.97. The number of Topliss-reactive ketones (excluding diaryl/α,β-unsaturated/α-hetero) is 1. The maximum atomic E-state index is 12.5. The van der Waals surface area contributed by atoms with Crippen molar-refractivity contribution in [2.45, 2.75) is 63.0 Å². The van der Waals surface area contributed by atoms with Gasteiger partial charge in [0.15, 0.2) is 0 Å². The molecule has 3 atom stereocenters. The van der Waals surface area contributed by atoms with Gasteiger partial charge in [0.25, 0.3) is 5.91 Å². The SMILES string of the molecule is CCc1ccc(C(=O)N=[N+]=[N-])c(O)c1C12CCN(C)C(C)C1(O)CCC(=O)C2. The third-order valence-corrected chi connectivity index (χ3v) is 6.85. The third kappa shape index (κ3) is 2.80. The van der Waals surface area contributed by atoms with Crippen LogP contribution in [0.5, 0.6) is 5.75 Å². The van der Waals surface area contributed by atoms with Crippen molar-refractivity contribution in [1.29, 1.82) is 0 Å². The second-order valence-electron chi connectivity index (χ2n) is 7.97. The smallest absolute Gasteiger partial charge is 0.252 e. The number of azide groups is 1. The van der Waals surface area contributed by atoms with Crippen molar-refractivity contribution in [1.82, 2.24) is 4.90 Å². The minimum atomic E-state index is -1.23. The molecule has 3 unspecified atom stereocenters. The van der Waals surface area contributed by atoms with Gasteiger partial charge in [-0.1, -0.05) is 13.0 Å². The fourth-order valence-corrected chi connectivity index (χ4v) is 5.14. The zero-order chi connectivity index (χ0) is 20.7. The monoisotopic (exact) mass is 386 g/mol. The van der Waals surface area contributed by atoms with E-state index < -0.39 is 16.9 Å². The van der Waals surface area contributed by atoms with Crippen LogP contribution in [-0.4, -0.2) is 52.0 Å². The Morgan fingerprint density at radius 3 is 2.79 bits per heavy atom. The number of likely N-dealkylation sites (N-methyl/N-ethyl adjacent to an activating group) is 1. The molecule has 1 aliphatic carbocycles. The Balaban J connectivity index is 2.32. The summed E-state index contributed by atoms with van der Waals surface area (Å²) in [5.74, 6) is -1.14. The maximum Gasteiger partial charge on any atom is 0.252 e. The number of phenols is 1. The number of carbonyl (C=O) groups is 2. The third-order valence-electron chi connectivity index (χ3n) is 6.85. The zero-order valence-electron chi connectivity index (χ0n) is 16.5. The Hall–Kier alpha value is -2.41. The molecule has 150 valence electrons. The van der Waals surface area contributed by atoms with E-state index >= 15 is 0 Å². The molecule has 1 heterocycles. The molecule has 2 fully saturated rings. The van der Waals surface area contributed by atoms with E-state index in [0.717, 1.165) is 5.56 Å². The summed E-state index contributed by atoms with van der Waals surface area (Å²) < 4.78 is 0. The lowest BCUT2D eigenvalue weighted by molar-refractivity contribution is -0.161. The van der Waals surface area contributed by atoms with Gasteiger partial charge in [-0.05, 0) is 62.1 Å². The van der Waals surface area contributed by atoms with E-state index in [1.54, 1.807) is 6.07 Å². The number of piperidine rings is 1. The van der Waals surface area contributed by atoms with Gasteiger partial charge in [-0.25, -0.2) is 0 Å². The predicted molar refractivity (Wildman–Crippen MR) is 103 cm³/mol. The van der Waals surface area contributed by atoms with Gasteiger partial charge in [-0.15, -0.1) is 0 Å². The predicted octanol–water partition coefficient (Wildman–Crippen LogP) is 2.85. The van der Waals surface area contributed by atoms with E-state index in [1.165, 1.54) is 6.07 Å². The van der Waals surface area contributed by atoms with Crippen molar-refractivity contribution in [2.24, 2.45) is 5.11 Å². The molecular weight excluding hydrogens is 360 g/mol. The molecule has 8 nitrogen and oxygen atoms in total. The van der Waals surface area contributed by atoms with Gasteiger partial charge in [-0.3, -0.25) is 9.59 Å². The fraction of sp³-hybridized carbons (Fsp3) is 0.600. The first-order valence-corrected chi connectivity index (χ1v) is 9.61. The summed E-state index contributed by atoms with van der Waals surface area (Å²) in [6.07, 6.45) is 1.75. The molecule has 28 heavy (non-hydrogen) atoms. The lowest BCUT2D eigenvalue weighted by Crippen LogP contribution is -2.69. The number of nitrogens with zero attached hydrogens (tertiary/aromatic N) is 4. The maximum absolute atomic E-state index is 12.5. The van der Waals surface area contributed by atoms with Crippen LogP contribution in [0.3, 0.4) is 0 Å². The summed E-state index contributed by atoms with van der Waals surface area (Å²) in [6.45, 7) is 4.50. The lowest BCUT2D eigenvalue weighted by atomic mass is 9.52. The Labute approximate surface area is 163 Å². The summed E-state index contributed by atoms with van der Waals surface area (Å²) >= 11 is 0. The van der Waals surface area contributed by atoms with Crippen molar-refractivity contribution in [2.75, 3.05) is 13.6 Å². The van der Waals surface area contributed by atoms with Crippen molar-refractivity contribution < 1.29 is 19.8 Å². The molecule has 1 aliphatic heterocycles. The van der Waals surface area contributed by atoms with Crippen LogP contribution in [0, 0.1) is 0 Å². The number of carbonyl (C=O) groups excluding carboxylic acids is 2. The molecule has 0 aromatic heterocycles. The summed E-state index contributed by atoms with van der Waals surface area (Å²) in [6, 6.07) is 2.93. The molecule has 2 aliphatic rings. The Morgan fingerprint density at radius 1 is 1.43 bits per heavy atom. The molecule has 1 amide bonds. The molecule has 1 aromatic rings. The van der Waals surface area contributed by atoms with E-state index in [0.29, 0.717) is 31.4 Å². The first-order valence-electron chi connectivity index (χ1n) is 9.61. The molecule has 0 spiro atoms. The highest BCUT2D eigenvalue weighted by Crippen LogP contribution is 2.56. The van der Waals surface area contributed by atoms with Crippen LogP contribution in [0.2, 0.25) is 0 Å². The van der Waals surface area contributed by atoms with Crippen molar-refractivity contribution in [3.63, 3.8) is 0 Å². The number of aliphatic hydroxyl groups is 1. The van der Waals surface area contributed by atoms with E-state index in [2.05, 4.69) is 14.9 Å². The number of hydrogen-bond donors (Lipinski definition) is 2. The Bertz CT molecular complexity index is 879. The Kier molecular flexibility index (Phi) is 5.23. The molecule has 1 aromatic carbocycles. The van der Waals surface area contributed by atoms with E-state index in [1.807, 2.05) is 20.9 Å². The number of likely N-dealkylation sites (tertiary alicyclic amines) is 1. The number of benzene rings is 1. The number of rotatable bonds is 3. The van der Waals surface area contributed by atoms with Crippen molar-refractivity contribution >= 4 is 11.7 Å². The Morgan fingerprint density at radius 2 is 2.14 bits per heavy atom. The molecule has 8 heteroatoms. The van der Waals surface area contributed by atoms with Gasteiger partial charge in [0.05, 0.1) is 11.2 Å². The average Bonchev–Trinajstić information content (AvgIpc) is 2.66. The number of ketones is 1. The lowest BCUT2D eigenvalue weighted by Gasteiger charge is -2.59. The molecule has 3 rings (SSSR count). The second kappa shape index (κ2) is 7.20. The van der Waals surface area contributed by atoms with Crippen molar-refractivity contribution in [3.05, 3.63) is 39.3 Å². The minimum Gasteiger partial charge on any atom is -0.507 e. The van der Waals surface area contributed by atoms with E-state index in [4.69, 9.17) is 5.53 Å². The molecular formula is C20H26N4O4. The first-order chi connectivity index (χ1) is 13.2. The van der Waals surface area contributed by atoms with Gasteiger partial charge < -0.3 is 15.1 Å². The fourth-order valence-electron chi connectivity index (χ4n) is 5.14. The van der Waals surface area contributed by atoms with Gasteiger partial charge >= 0.3 is 0 Å². The molecule has 1 saturated carbocycles. The number of hydrogen-bond acceptors (Lipinski definition) is 5. The van der Waals surface area contributed by atoms with Crippen LogP contribution < -0.4 is 0 Å².